The number of quaternary nitrogens is 2. The summed E-state index contributed by atoms with van der Waals surface area (Å²) in [5.41, 5.74) is 11.7. The standard InChI is InChI=1S/C31H55N3O2/c1-28(24-6-2-3-7-24)26-10-13-31(36-28,21-30(26,33)14-15-35)25-17-23(16-22-8-9-27(32)34-20-22)18-29(19-25)11-4-5-12-29/h22-27,34-35H,2-21,32-33H2,1H3/p+2. The second-order valence-electron chi connectivity index (χ2n) is 15.2. The van der Waals surface area contributed by atoms with Gasteiger partial charge in [-0.05, 0) is 101 Å². The first kappa shape index (κ1) is 26.0. The number of aliphatic hydroxyl groups excluding tert-OH is 1. The molecule has 4 saturated carbocycles. The first-order valence-electron chi connectivity index (χ1n) is 16.0. The molecule has 0 aromatic carbocycles. The van der Waals surface area contributed by atoms with Gasteiger partial charge in [-0.1, -0.05) is 25.7 Å². The van der Waals surface area contributed by atoms with Crippen molar-refractivity contribution < 1.29 is 20.9 Å². The SMILES string of the molecule is CC1(C2CCCC2)OC2(C3CC(CC4CCC(N)[NH2+]C4)CC4(CCCC4)C3)CCC1C([NH3+])(CCO)C2. The predicted molar refractivity (Wildman–Crippen MR) is 143 cm³/mol. The monoisotopic (exact) mass is 503 g/mol. The molecule has 7 aliphatic rings. The summed E-state index contributed by atoms with van der Waals surface area (Å²) in [6.45, 7) is 4.00. The molecular formula is C31H57N3O2+2. The Balaban J connectivity index is 1.29. The largest absolute Gasteiger partial charge is 0.396 e. The molecule has 3 saturated heterocycles. The van der Waals surface area contributed by atoms with E-state index in [1.54, 1.807) is 0 Å². The van der Waals surface area contributed by atoms with E-state index >= 15 is 0 Å². The third-order valence-electron chi connectivity index (χ3n) is 12.9. The molecule has 7 fully saturated rings. The van der Waals surface area contributed by atoms with Gasteiger partial charge in [0, 0.05) is 37.7 Å². The molecule has 0 aromatic heterocycles. The van der Waals surface area contributed by atoms with Crippen LogP contribution in [-0.4, -0.2) is 41.2 Å². The zero-order valence-corrected chi connectivity index (χ0v) is 23.3. The van der Waals surface area contributed by atoms with Gasteiger partial charge in [0.25, 0.3) is 0 Å². The summed E-state index contributed by atoms with van der Waals surface area (Å²) in [5.74, 6) is 3.55. The smallest absolute Gasteiger partial charge is 0.137 e. The number of nitrogens with two attached hydrogens (primary N) is 2. The van der Waals surface area contributed by atoms with Crippen molar-refractivity contribution in [2.75, 3.05) is 13.2 Å². The van der Waals surface area contributed by atoms with Gasteiger partial charge in [0.2, 0.25) is 0 Å². The van der Waals surface area contributed by atoms with Crippen LogP contribution in [0.4, 0.5) is 0 Å². The lowest BCUT2D eigenvalue weighted by molar-refractivity contribution is -0.703. The van der Waals surface area contributed by atoms with Crippen molar-refractivity contribution in [1.29, 1.82) is 0 Å². The van der Waals surface area contributed by atoms with Crippen LogP contribution in [0.15, 0.2) is 0 Å². The van der Waals surface area contributed by atoms with E-state index in [1.165, 1.54) is 109 Å². The van der Waals surface area contributed by atoms with Crippen molar-refractivity contribution in [2.45, 2.75) is 145 Å². The third-order valence-corrected chi connectivity index (χ3v) is 12.9. The van der Waals surface area contributed by atoms with Crippen LogP contribution in [0.1, 0.15) is 122 Å². The molecule has 8 unspecified atom stereocenters. The van der Waals surface area contributed by atoms with E-state index in [4.69, 9.17) is 16.2 Å². The summed E-state index contributed by atoms with van der Waals surface area (Å²) in [7, 11) is 0. The maximum Gasteiger partial charge on any atom is 0.137 e. The van der Waals surface area contributed by atoms with Gasteiger partial charge in [0.1, 0.15) is 11.7 Å². The van der Waals surface area contributed by atoms with Gasteiger partial charge < -0.3 is 20.9 Å². The highest BCUT2D eigenvalue weighted by molar-refractivity contribution is 5.16. The average Bonchev–Trinajstić information content (AvgIpc) is 3.54. The maximum absolute atomic E-state index is 10.2. The highest BCUT2D eigenvalue weighted by Gasteiger charge is 2.68. The molecule has 3 aliphatic heterocycles. The minimum absolute atomic E-state index is 0.0156. The zero-order valence-electron chi connectivity index (χ0n) is 23.3. The van der Waals surface area contributed by atoms with Crippen molar-refractivity contribution in [2.24, 2.45) is 40.7 Å². The molecule has 0 amide bonds. The minimum atomic E-state index is -0.0474. The lowest BCUT2D eigenvalue weighted by atomic mass is 9.49. The normalized spacial score (nSPS) is 49.2. The fourth-order valence-electron chi connectivity index (χ4n) is 11.4. The number of aliphatic hydroxyl groups is 1. The number of hydrogen-bond acceptors (Lipinski definition) is 3. The van der Waals surface area contributed by atoms with E-state index in [0.29, 0.717) is 29.3 Å². The van der Waals surface area contributed by atoms with E-state index < -0.39 is 0 Å². The first-order valence-corrected chi connectivity index (χ1v) is 16.0. The van der Waals surface area contributed by atoms with Crippen LogP contribution in [0.25, 0.3) is 0 Å². The Hall–Kier alpha value is -0.200. The topological polar surface area (TPSA) is 99.7 Å². The van der Waals surface area contributed by atoms with E-state index in [1.807, 2.05) is 0 Å². The van der Waals surface area contributed by atoms with Gasteiger partial charge in [-0.2, -0.15) is 0 Å². The van der Waals surface area contributed by atoms with Gasteiger partial charge in [-0.25, -0.2) is 0 Å². The predicted octanol–water partition coefficient (Wildman–Crippen LogP) is 3.49. The quantitative estimate of drug-likeness (QED) is 0.446. The molecule has 2 bridgehead atoms. The van der Waals surface area contributed by atoms with Gasteiger partial charge in [-0.15, -0.1) is 0 Å². The Morgan fingerprint density at radius 2 is 1.72 bits per heavy atom. The summed E-state index contributed by atoms with van der Waals surface area (Å²) in [6, 6.07) is 0. The van der Waals surface area contributed by atoms with Crippen LogP contribution >= 0.6 is 0 Å². The number of rotatable bonds is 6. The summed E-state index contributed by atoms with van der Waals surface area (Å²) in [4.78, 5) is 0. The minimum Gasteiger partial charge on any atom is -0.396 e. The molecule has 0 aromatic rings. The number of hydrogen-bond donors (Lipinski definition) is 4. The molecule has 7 rings (SSSR count). The van der Waals surface area contributed by atoms with Gasteiger partial charge in [0.15, 0.2) is 0 Å². The molecule has 1 spiro atoms. The van der Waals surface area contributed by atoms with E-state index in [-0.39, 0.29) is 23.3 Å². The van der Waals surface area contributed by atoms with Gasteiger partial charge >= 0.3 is 0 Å². The van der Waals surface area contributed by atoms with Crippen LogP contribution in [0, 0.1) is 35.0 Å². The number of piperidine rings is 1. The summed E-state index contributed by atoms with van der Waals surface area (Å²) < 4.78 is 7.64. The Morgan fingerprint density at radius 1 is 0.944 bits per heavy atom. The Labute approximate surface area is 220 Å². The highest BCUT2D eigenvalue weighted by atomic mass is 16.5. The molecule has 206 valence electrons. The highest BCUT2D eigenvalue weighted by Crippen LogP contribution is 2.65. The molecule has 36 heavy (non-hydrogen) atoms. The van der Waals surface area contributed by atoms with E-state index in [9.17, 15) is 5.11 Å². The average molecular weight is 504 g/mol. The van der Waals surface area contributed by atoms with Crippen molar-refractivity contribution in [3.8, 4) is 0 Å². The van der Waals surface area contributed by atoms with Crippen LogP contribution in [-0.2, 0) is 4.74 Å². The van der Waals surface area contributed by atoms with Crippen molar-refractivity contribution in [1.82, 2.24) is 0 Å². The summed E-state index contributed by atoms with van der Waals surface area (Å²) in [6.07, 6.45) is 24.1. The van der Waals surface area contributed by atoms with Crippen molar-refractivity contribution in [3.63, 3.8) is 0 Å². The molecule has 8 atom stereocenters. The lowest BCUT2D eigenvalue weighted by Gasteiger charge is -2.66. The van der Waals surface area contributed by atoms with Gasteiger partial charge in [0.05, 0.1) is 17.7 Å². The van der Waals surface area contributed by atoms with E-state index in [2.05, 4.69) is 12.2 Å². The lowest BCUT2D eigenvalue weighted by Crippen LogP contribution is -2.95. The molecule has 8 N–H and O–H groups in total. The Bertz CT molecular complexity index is 772. The van der Waals surface area contributed by atoms with Gasteiger partial charge in [-0.3, -0.25) is 5.73 Å². The molecular weight excluding hydrogens is 446 g/mol. The fraction of sp³-hybridized carbons (Fsp3) is 1.00. The number of fused-ring (bicyclic) bond motifs is 3. The molecule has 5 heteroatoms. The summed E-state index contributed by atoms with van der Waals surface area (Å²) >= 11 is 0. The Morgan fingerprint density at radius 3 is 2.42 bits per heavy atom. The zero-order chi connectivity index (χ0) is 25.0. The fourth-order valence-corrected chi connectivity index (χ4v) is 11.4. The van der Waals surface area contributed by atoms with Crippen molar-refractivity contribution >= 4 is 0 Å². The van der Waals surface area contributed by atoms with Crippen LogP contribution in [0.2, 0.25) is 0 Å². The Kier molecular flexibility index (Phi) is 7.07. The molecule has 0 radical (unpaired) electrons. The van der Waals surface area contributed by atoms with Crippen LogP contribution < -0.4 is 16.8 Å². The van der Waals surface area contributed by atoms with Crippen LogP contribution in [0.5, 0.6) is 0 Å². The molecule has 5 nitrogen and oxygen atoms in total. The molecule has 3 heterocycles. The first-order chi connectivity index (χ1) is 17.3. The molecule has 4 aliphatic carbocycles. The summed E-state index contributed by atoms with van der Waals surface area (Å²) in [5, 5.41) is 12.6. The van der Waals surface area contributed by atoms with E-state index in [0.717, 1.165) is 24.7 Å². The second-order valence-corrected chi connectivity index (χ2v) is 15.2. The maximum atomic E-state index is 10.2. The third kappa shape index (κ3) is 4.51. The number of ether oxygens (including phenoxy) is 1. The van der Waals surface area contributed by atoms with Crippen molar-refractivity contribution in [3.05, 3.63) is 0 Å². The van der Waals surface area contributed by atoms with Crippen LogP contribution in [0.3, 0.4) is 0 Å². The second kappa shape index (κ2) is 9.77.